The van der Waals surface area contributed by atoms with Crippen LogP contribution in [0.4, 0.5) is 5.69 Å². The summed E-state index contributed by atoms with van der Waals surface area (Å²) < 4.78 is 6.62. The first kappa shape index (κ1) is 20.6. The van der Waals surface area contributed by atoms with Gasteiger partial charge in [-0.2, -0.15) is 5.10 Å². The highest BCUT2D eigenvalue weighted by atomic mass is 35.5. The number of para-hydroxylation sites is 1. The molecule has 0 spiro atoms. The number of nitrogens with one attached hydrogen (secondary N) is 1. The van der Waals surface area contributed by atoms with E-state index in [1.54, 1.807) is 35.9 Å². The molecule has 0 aliphatic carbocycles. The van der Waals surface area contributed by atoms with Gasteiger partial charge < -0.3 is 10.1 Å². The first-order chi connectivity index (χ1) is 12.8. The summed E-state index contributed by atoms with van der Waals surface area (Å²) in [6, 6.07) is 6.61. The van der Waals surface area contributed by atoms with Gasteiger partial charge in [-0.1, -0.05) is 37.1 Å². The Balaban J connectivity index is 2.01. The number of benzene rings is 1. The molecule has 144 valence electrons. The van der Waals surface area contributed by atoms with E-state index in [2.05, 4.69) is 10.4 Å². The molecular weight excluding hydrogens is 370 g/mol. The van der Waals surface area contributed by atoms with Crippen molar-refractivity contribution < 1.29 is 19.1 Å². The summed E-state index contributed by atoms with van der Waals surface area (Å²) in [5.74, 6) is -1.44. The van der Waals surface area contributed by atoms with Crippen molar-refractivity contribution in [2.75, 3.05) is 11.9 Å². The lowest BCUT2D eigenvalue weighted by Crippen LogP contribution is -2.22. The number of anilines is 1. The number of carbonyl (C=O) groups excluding carboxylic acids is 3. The Morgan fingerprint density at radius 3 is 2.63 bits per heavy atom. The van der Waals surface area contributed by atoms with Crippen LogP contribution in [0.2, 0.25) is 5.15 Å². The van der Waals surface area contributed by atoms with Gasteiger partial charge in [0.05, 0.1) is 11.4 Å². The molecule has 0 radical (unpaired) electrons. The zero-order valence-corrected chi connectivity index (χ0v) is 16.3. The second-order valence-corrected chi connectivity index (χ2v) is 6.41. The number of aromatic nitrogens is 2. The van der Waals surface area contributed by atoms with Gasteiger partial charge in [0, 0.05) is 12.1 Å². The molecule has 0 aliphatic heterocycles. The Kier molecular flexibility index (Phi) is 7.12. The maximum absolute atomic E-state index is 12.3. The quantitative estimate of drug-likeness (QED) is 0.548. The standard InChI is InChI=1S/C19H22ClN3O4/c1-4-5-10-23-18(20)17(12(2)22-23)19(26)27-11-16(25)21-15-9-7-6-8-14(15)13(3)24/h6-9H,4-5,10-11H2,1-3H3,(H,21,25). The minimum Gasteiger partial charge on any atom is -0.452 e. The molecule has 0 aliphatic rings. The third-order valence-corrected chi connectivity index (χ3v) is 4.29. The van der Waals surface area contributed by atoms with Gasteiger partial charge in [0.25, 0.3) is 5.91 Å². The largest absolute Gasteiger partial charge is 0.452 e. The summed E-state index contributed by atoms with van der Waals surface area (Å²) in [4.78, 5) is 36.0. The van der Waals surface area contributed by atoms with E-state index < -0.39 is 18.5 Å². The van der Waals surface area contributed by atoms with Crippen LogP contribution < -0.4 is 5.32 Å². The fourth-order valence-electron chi connectivity index (χ4n) is 2.53. The Morgan fingerprint density at radius 1 is 1.26 bits per heavy atom. The first-order valence-corrected chi connectivity index (χ1v) is 9.02. The van der Waals surface area contributed by atoms with E-state index in [0.717, 1.165) is 12.8 Å². The minimum absolute atomic E-state index is 0.157. The summed E-state index contributed by atoms with van der Waals surface area (Å²) in [6.45, 7) is 5.22. The average molecular weight is 392 g/mol. The molecule has 1 amide bonds. The van der Waals surface area contributed by atoms with E-state index in [4.69, 9.17) is 16.3 Å². The highest BCUT2D eigenvalue weighted by Crippen LogP contribution is 2.21. The molecule has 7 nitrogen and oxygen atoms in total. The smallest absolute Gasteiger partial charge is 0.343 e. The molecule has 1 N–H and O–H groups in total. The molecule has 1 heterocycles. The number of ketones is 1. The van der Waals surface area contributed by atoms with Crippen LogP contribution in [0.5, 0.6) is 0 Å². The molecule has 2 aromatic rings. The van der Waals surface area contributed by atoms with Crippen LogP contribution in [0, 0.1) is 6.92 Å². The van der Waals surface area contributed by atoms with Crippen molar-refractivity contribution >= 4 is 34.9 Å². The van der Waals surface area contributed by atoms with Crippen LogP contribution in [-0.2, 0) is 16.1 Å². The van der Waals surface area contributed by atoms with Gasteiger partial charge in [-0.3, -0.25) is 14.3 Å². The van der Waals surface area contributed by atoms with Gasteiger partial charge in [-0.15, -0.1) is 0 Å². The Labute approximate surface area is 162 Å². The highest BCUT2D eigenvalue weighted by molar-refractivity contribution is 6.32. The van der Waals surface area contributed by atoms with Gasteiger partial charge >= 0.3 is 5.97 Å². The number of carbonyl (C=O) groups is 3. The molecule has 27 heavy (non-hydrogen) atoms. The van der Waals surface area contributed by atoms with Crippen LogP contribution >= 0.6 is 11.6 Å². The number of ether oxygens (including phenoxy) is 1. The van der Waals surface area contributed by atoms with Crippen molar-refractivity contribution in [1.82, 2.24) is 9.78 Å². The van der Waals surface area contributed by atoms with Gasteiger partial charge in [-0.25, -0.2) is 4.79 Å². The van der Waals surface area contributed by atoms with Crippen LogP contribution in [0.15, 0.2) is 24.3 Å². The molecule has 2 rings (SSSR count). The second kappa shape index (κ2) is 9.32. The van der Waals surface area contributed by atoms with Crippen molar-refractivity contribution in [1.29, 1.82) is 0 Å². The number of hydrogen-bond acceptors (Lipinski definition) is 5. The monoisotopic (exact) mass is 391 g/mol. The number of halogens is 1. The highest BCUT2D eigenvalue weighted by Gasteiger charge is 2.22. The zero-order valence-electron chi connectivity index (χ0n) is 15.5. The van der Waals surface area contributed by atoms with E-state index >= 15 is 0 Å². The second-order valence-electron chi connectivity index (χ2n) is 6.05. The lowest BCUT2D eigenvalue weighted by Gasteiger charge is -2.09. The van der Waals surface area contributed by atoms with Crippen molar-refractivity contribution in [3.8, 4) is 0 Å². The Bertz CT molecular complexity index is 861. The summed E-state index contributed by atoms with van der Waals surface area (Å²) in [5.41, 5.74) is 1.36. The SMILES string of the molecule is CCCCn1nc(C)c(C(=O)OCC(=O)Nc2ccccc2C(C)=O)c1Cl. The normalized spacial score (nSPS) is 10.5. The lowest BCUT2D eigenvalue weighted by molar-refractivity contribution is -0.119. The number of esters is 1. The number of amides is 1. The van der Waals surface area contributed by atoms with Crippen molar-refractivity contribution in [3.63, 3.8) is 0 Å². The molecule has 1 aromatic carbocycles. The summed E-state index contributed by atoms with van der Waals surface area (Å²) >= 11 is 6.22. The number of nitrogens with zero attached hydrogens (tertiary/aromatic N) is 2. The average Bonchev–Trinajstić information content (AvgIpc) is 2.91. The summed E-state index contributed by atoms with van der Waals surface area (Å²) in [6.07, 6.45) is 1.85. The number of hydrogen-bond donors (Lipinski definition) is 1. The lowest BCUT2D eigenvalue weighted by atomic mass is 10.1. The van der Waals surface area contributed by atoms with Gasteiger partial charge in [-0.05, 0) is 32.4 Å². The Hall–Kier alpha value is -2.67. The Morgan fingerprint density at radius 2 is 1.96 bits per heavy atom. The van der Waals surface area contributed by atoms with Gasteiger partial charge in [0.2, 0.25) is 0 Å². The first-order valence-electron chi connectivity index (χ1n) is 8.65. The molecule has 0 atom stereocenters. The fraction of sp³-hybridized carbons (Fsp3) is 0.368. The van der Waals surface area contributed by atoms with Crippen LogP contribution in [0.3, 0.4) is 0 Å². The zero-order chi connectivity index (χ0) is 20.0. The molecule has 1 aromatic heterocycles. The third kappa shape index (κ3) is 5.17. The molecular formula is C19H22ClN3O4. The number of Topliss-reactive ketones (excluding diaryl/α,β-unsaturated/α-hetero) is 1. The number of rotatable bonds is 8. The topological polar surface area (TPSA) is 90.3 Å². The van der Waals surface area contributed by atoms with Crippen LogP contribution in [0.1, 0.15) is 53.1 Å². The van der Waals surface area contributed by atoms with E-state index in [1.807, 2.05) is 6.92 Å². The molecule has 0 bridgehead atoms. The van der Waals surface area contributed by atoms with Gasteiger partial charge in [0.1, 0.15) is 10.7 Å². The summed E-state index contributed by atoms with van der Waals surface area (Å²) in [7, 11) is 0. The van der Waals surface area contributed by atoms with E-state index in [0.29, 0.717) is 23.5 Å². The van der Waals surface area contributed by atoms with Crippen molar-refractivity contribution in [2.45, 2.75) is 40.2 Å². The van der Waals surface area contributed by atoms with Crippen LogP contribution in [-0.4, -0.2) is 34.0 Å². The molecule has 8 heteroatoms. The maximum Gasteiger partial charge on any atom is 0.343 e. The molecule has 0 saturated carbocycles. The van der Waals surface area contributed by atoms with E-state index in [1.165, 1.54) is 6.92 Å². The molecule has 0 fully saturated rings. The maximum atomic E-state index is 12.3. The van der Waals surface area contributed by atoms with Crippen molar-refractivity contribution in [2.24, 2.45) is 0 Å². The molecule has 0 unspecified atom stereocenters. The van der Waals surface area contributed by atoms with E-state index in [9.17, 15) is 14.4 Å². The number of unbranched alkanes of at least 4 members (excludes halogenated alkanes) is 1. The summed E-state index contributed by atoms with van der Waals surface area (Å²) in [5, 5.41) is 7.01. The minimum atomic E-state index is -0.713. The third-order valence-electron chi connectivity index (χ3n) is 3.91. The van der Waals surface area contributed by atoms with Gasteiger partial charge in [0.15, 0.2) is 12.4 Å². The predicted octanol–water partition coefficient (Wildman–Crippen LogP) is 3.64. The van der Waals surface area contributed by atoms with Crippen LogP contribution in [0.25, 0.3) is 0 Å². The number of aryl methyl sites for hydroxylation is 2. The van der Waals surface area contributed by atoms with Crippen molar-refractivity contribution in [3.05, 3.63) is 46.2 Å². The predicted molar refractivity (Wildman–Crippen MR) is 102 cm³/mol. The molecule has 0 saturated heterocycles. The van der Waals surface area contributed by atoms with E-state index in [-0.39, 0.29) is 16.5 Å². The fourth-order valence-corrected chi connectivity index (χ4v) is 2.87.